The largest absolute Gasteiger partial charge is 1.00 e. The molecule has 0 saturated carbocycles. The van der Waals surface area contributed by atoms with Crippen LogP contribution in [0.2, 0.25) is 0 Å². The number of methoxy groups -OCH3 is 1. The van der Waals surface area contributed by atoms with Gasteiger partial charge in [-0.2, -0.15) is 0 Å². The first kappa shape index (κ1) is 19.6. The molecule has 0 fully saturated rings. The molecule has 0 saturated heterocycles. The number of hydrogen-bond donors (Lipinski definition) is 1. The number of ether oxygens (including phenoxy) is 1. The maximum Gasteiger partial charge on any atom is 1.00 e. The molecule has 6 heteroatoms. The molecule has 0 aromatic carbocycles. The molecule has 0 aromatic heterocycles. The molecule has 1 aliphatic rings. The Hall–Kier alpha value is -0.404. The Labute approximate surface area is 161 Å². The Balaban J connectivity index is 0.00000361. The van der Waals surface area contributed by atoms with Gasteiger partial charge in [-0.05, 0) is 18.4 Å². The van der Waals surface area contributed by atoms with Crippen molar-refractivity contribution in [1.29, 1.82) is 0 Å². The van der Waals surface area contributed by atoms with Crippen molar-refractivity contribution in [2.24, 2.45) is 0 Å². The number of esters is 1. The maximum absolute atomic E-state index is 11.1. The van der Waals surface area contributed by atoms with E-state index in [0.29, 0.717) is 12.1 Å². The minimum absolute atomic E-state index is 0. The minimum atomic E-state index is -1.14. The molecular formula is C14H18KNO4. The third-order valence-corrected chi connectivity index (χ3v) is 2.82. The zero-order valence-corrected chi connectivity index (χ0v) is 15.1. The van der Waals surface area contributed by atoms with Gasteiger partial charge in [-0.15, -0.1) is 0 Å². The Morgan fingerprint density at radius 1 is 1.50 bits per heavy atom. The van der Waals surface area contributed by atoms with Crippen LogP contribution in [0.5, 0.6) is 0 Å². The minimum Gasteiger partial charge on any atom is -0.550 e. The van der Waals surface area contributed by atoms with Crippen molar-refractivity contribution in [2.75, 3.05) is 7.11 Å². The van der Waals surface area contributed by atoms with E-state index in [4.69, 9.17) is 0 Å². The smallest absolute Gasteiger partial charge is 0.550 e. The predicted octanol–water partition coefficient (Wildman–Crippen LogP) is -2.56. The summed E-state index contributed by atoms with van der Waals surface area (Å²) in [6, 6.07) is -0.396. The summed E-state index contributed by atoms with van der Waals surface area (Å²) in [5.74, 6) is -1.55. The van der Waals surface area contributed by atoms with Gasteiger partial charge in [0.2, 0.25) is 0 Å². The predicted molar refractivity (Wildman–Crippen MR) is 68.8 cm³/mol. The number of aliphatic carboxylic acids is 1. The van der Waals surface area contributed by atoms with Crippen LogP contribution < -0.4 is 61.8 Å². The second-order valence-corrected chi connectivity index (χ2v) is 4.32. The van der Waals surface area contributed by atoms with Crippen molar-refractivity contribution < 1.29 is 70.8 Å². The number of hydrogen-bond acceptors (Lipinski definition) is 5. The molecule has 0 aromatic rings. The van der Waals surface area contributed by atoms with Gasteiger partial charge in [-0.25, -0.2) is 0 Å². The van der Waals surface area contributed by atoms with Gasteiger partial charge in [0, 0.05) is 18.1 Å². The van der Waals surface area contributed by atoms with Crippen LogP contribution in [0, 0.1) is 0 Å². The van der Waals surface area contributed by atoms with E-state index in [1.165, 1.54) is 7.11 Å². The van der Waals surface area contributed by atoms with Crippen LogP contribution in [0.25, 0.3) is 0 Å². The molecule has 0 aliphatic heterocycles. The van der Waals surface area contributed by atoms with E-state index in [2.05, 4.69) is 16.6 Å². The van der Waals surface area contributed by atoms with E-state index >= 15 is 0 Å². The van der Waals surface area contributed by atoms with Gasteiger partial charge in [0.1, 0.15) is 0 Å². The quantitative estimate of drug-likeness (QED) is 0.318. The van der Waals surface area contributed by atoms with Crippen LogP contribution in [0.1, 0.15) is 25.7 Å². The summed E-state index contributed by atoms with van der Waals surface area (Å²) < 4.78 is 4.53. The van der Waals surface area contributed by atoms with Crippen LogP contribution in [0.4, 0.5) is 0 Å². The molecular weight excluding hydrogens is 285 g/mol. The first-order chi connectivity index (χ1) is 9.02. The van der Waals surface area contributed by atoms with Gasteiger partial charge in [-0.1, -0.05) is 24.8 Å². The maximum atomic E-state index is 11.1. The first-order valence-electron chi connectivity index (χ1n) is 6.07. The van der Waals surface area contributed by atoms with Crippen molar-refractivity contribution in [2.45, 2.75) is 31.7 Å². The zero-order valence-electron chi connectivity index (χ0n) is 12.0. The van der Waals surface area contributed by atoms with Crippen molar-refractivity contribution in [3.63, 3.8) is 0 Å². The summed E-state index contributed by atoms with van der Waals surface area (Å²) in [7, 11) is 1.29. The van der Waals surface area contributed by atoms with Crippen molar-refractivity contribution in [3.8, 4) is 0 Å². The summed E-state index contributed by atoms with van der Waals surface area (Å²) in [5, 5.41) is 13.8. The van der Waals surface area contributed by atoms with Crippen molar-refractivity contribution in [1.82, 2.24) is 5.32 Å². The van der Waals surface area contributed by atoms with Crippen LogP contribution in [0.3, 0.4) is 0 Å². The van der Waals surface area contributed by atoms with E-state index < -0.39 is 18.0 Å². The first-order valence-corrected chi connectivity index (χ1v) is 6.07. The number of carbonyl (C=O) groups excluding carboxylic acids is 2. The summed E-state index contributed by atoms with van der Waals surface area (Å²) in [5.41, 5.74) is 1.41. The van der Waals surface area contributed by atoms with Gasteiger partial charge < -0.3 is 20.0 Å². The number of rotatable bonds is 7. The summed E-state index contributed by atoms with van der Waals surface area (Å²) in [6.45, 7) is 3.71. The topological polar surface area (TPSA) is 78.5 Å². The van der Waals surface area contributed by atoms with Gasteiger partial charge in [-0.3, -0.25) is 4.79 Å². The van der Waals surface area contributed by atoms with E-state index in [1.807, 2.05) is 18.2 Å². The van der Waals surface area contributed by atoms with E-state index in [9.17, 15) is 14.7 Å². The molecule has 0 heterocycles. The Morgan fingerprint density at radius 2 is 2.20 bits per heavy atom. The fraction of sp³-hybridized carbons (Fsp3) is 0.429. The molecule has 1 N–H and O–H groups in total. The Bertz CT molecular complexity index is 429. The second-order valence-electron chi connectivity index (χ2n) is 4.32. The third kappa shape index (κ3) is 7.40. The monoisotopic (exact) mass is 303 g/mol. The average molecular weight is 303 g/mol. The van der Waals surface area contributed by atoms with Gasteiger partial charge >= 0.3 is 57.4 Å². The fourth-order valence-electron chi connectivity index (χ4n) is 1.89. The van der Waals surface area contributed by atoms with Gasteiger partial charge in [0.05, 0.1) is 19.6 Å². The summed E-state index contributed by atoms with van der Waals surface area (Å²) in [4.78, 5) is 21.9. The van der Waals surface area contributed by atoms with Gasteiger partial charge in [0.15, 0.2) is 0 Å². The van der Waals surface area contributed by atoms with Crippen molar-refractivity contribution >= 4 is 11.9 Å². The number of allylic oxidation sites excluding steroid dienone is 3. The molecule has 0 bridgehead atoms. The standard InChI is InChI=1S/C14H19NO4.K/c1-10(8-14(18)19-2)15-12(9-13(16)17)11-6-4-3-5-7-11;/h3-4,7,12,15H,1,5-6,8-9H2,2H3,(H,16,17);/q;+1/p-1. The SMILES string of the molecule is C=C(CC(=O)OC)NC(CC(=O)[O-])C1=CCC=CC1.[K+]. The number of nitrogens with one attached hydrogen (secondary N) is 1. The number of carbonyl (C=O) groups is 2. The molecule has 1 atom stereocenters. The normalized spacial score (nSPS) is 14.6. The molecule has 0 spiro atoms. The molecule has 0 amide bonds. The Morgan fingerprint density at radius 3 is 2.70 bits per heavy atom. The average Bonchev–Trinajstić information content (AvgIpc) is 2.38. The van der Waals surface area contributed by atoms with Crippen LogP contribution in [-0.4, -0.2) is 25.1 Å². The van der Waals surface area contributed by atoms with Gasteiger partial charge in [0.25, 0.3) is 0 Å². The Kier molecular flexibility index (Phi) is 10.1. The molecule has 104 valence electrons. The summed E-state index contributed by atoms with van der Waals surface area (Å²) >= 11 is 0. The van der Waals surface area contributed by atoms with E-state index in [-0.39, 0.29) is 64.2 Å². The van der Waals surface area contributed by atoms with Crippen LogP contribution >= 0.6 is 0 Å². The van der Waals surface area contributed by atoms with E-state index in [1.54, 1.807) is 0 Å². The molecule has 20 heavy (non-hydrogen) atoms. The summed E-state index contributed by atoms with van der Waals surface area (Å²) in [6.07, 6.45) is 7.32. The van der Waals surface area contributed by atoms with Crippen LogP contribution in [0.15, 0.2) is 36.1 Å². The van der Waals surface area contributed by atoms with Crippen LogP contribution in [-0.2, 0) is 14.3 Å². The molecule has 0 radical (unpaired) electrons. The van der Waals surface area contributed by atoms with Crippen molar-refractivity contribution in [3.05, 3.63) is 36.1 Å². The fourth-order valence-corrected chi connectivity index (χ4v) is 1.89. The zero-order chi connectivity index (χ0) is 14.3. The molecule has 5 nitrogen and oxygen atoms in total. The molecule has 1 rings (SSSR count). The second kappa shape index (κ2) is 10.3. The van der Waals surface area contributed by atoms with E-state index in [0.717, 1.165) is 12.0 Å². The number of carboxylic acid groups (broad SMARTS) is 1. The molecule has 1 unspecified atom stereocenters. The third-order valence-electron chi connectivity index (χ3n) is 2.82. The molecule has 1 aliphatic carbocycles. The number of carboxylic acids is 1.